The maximum atomic E-state index is 12.0. The van der Waals surface area contributed by atoms with Gasteiger partial charge in [-0.15, -0.1) is 0 Å². The molecular weight excluding hydrogens is 286 g/mol. The van der Waals surface area contributed by atoms with Crippen LogP contribution in [0.5, 0.6) is 5.75 Å². The fraction of sp³-hybridized carbons (Fsp3) is 0.533. The van der Waals surface area contributed by atoms with E-state index in [1.54, 1.807) is 6.07 Å². The fourth-order valence-corrected chi connectivity index (χ4v) is 2.29. The number of nitrogens with two attached hydrogens (primary N) is 1. The lowest BCUT2D eigenvalue weighted by atomic mass is 9.91. The summed E-state index contributed by atoms with van der Waals surface area (Å²) in [6.45, 7) is 6.11. The van der Waals surface area contributed by atoms with Crippen LogP contribution in [0.25, 0.3) is 0 Å². The van der Waals surface area contributed by atoms with Gasteiger partial charge in [0.05, 0.1) is 11.0 Å². The zero-order valence-electron chi connectivity index (χ0n) is 13.2. The molecule has 0 aliphatic heterocycles. The topological polar surface area (TPSA) is 107 Å². The number of ether oxygens (including phenoxy) is 1. The van der Waals surface area contributed by atoms with Gasteiger partial charge in [0.2, 0.25) is 0 Å². The summed E-state index contributed by atoms with van der Waals surface area (Å²) >= 11 is 0. The molecule has 122 valence electrons. The second-order valence-electron chi connectivity index (χ2n) is 5.95. The molecule has 0 spiro atoms. The van der Waals surface area contributed by atoms with Crippen LogP contribution in [0.15, 0.2) is 24.3 Å². The molecule has 0 saturated heterocycles. The molecule has 3 N–H and O–H groups in total. The number of non-ortho nitro benzene ring substituents is 1. The molecule has 7 heteroatoms. The van der Waals surface area contributed by atoms with Crippen LogP contribution in [0.2, 0.25) is 0 Å². The fourth-order valence-electron chi connectivity index (χ4n) is 2.29. The van der Waals surface area contributed by atoms with Crippen LogP contribution in [0.4, 0.5) is 5.69 Å². The van der Waals surface area contributed by atoms with E-state index in [-0.39, 0.29) is 24.0 Å². The van der Waals surface area contributed by atoms with Crippen molar-refractivity contribution in [3.63, 3.8) is 0 Å². The van der Waals surface area contributed by atoms with Crippen molar-refractivity contribution in [3.8, 4) is 5.75 Å². The van der Waals surface area contributed by atoms with Crippen LogP contribution in [0, 0.1) is 16.0 Å². The first-order valence-corrected chi connectivity index (χ1v) is 7.14. The molecular formula is C15H23N3O4. The Labute approximate surface area is 130 Å². The van der Waals surface area contributed by atoms with Crippen molar-refractivity contribution in [2.75, 3.05) is 13.2 Å². The number of nitro benzene ring substituents is 1. The maximum Gasteiger partial charge on any atom is 0.273 e. The quantitative estimate of drug-likeness (QED) is 0.563. The lowest BCUT2D eigenvalue weighted by Gasteiger charge is -2.31. The molecule has 0 bridgehead atoms. The third-order valence-electron chi connectivity index (χ3n) is 3.15. The van der Waals surface area contributed by atoms with Gasteiger partial charge in [0, 0.05) is 18.2 Å². The minimum atomic E-state index is -0.513. The van der Waals surface area contributed by atoms with Gasteiger partial charge in [0.15, 0.2) is 6.61 Å². The number of hydrogen-bond acceptors (Lipinski definition) is 5. The van der Waals surface area contributed by atoms with Crippen LogP contribution in [0.1, 0.15) is 27.2 Å². The molecule has 0 fully saturated rings. The summed E-state index contributed by atoms with van der Waals surface area (Å²) in [5.74, 6) is 0.370. The van der Waals surface area contributed by atoms with Crippen molar-refractivity contribution >= 4 is 11.6 Å². The highest BCUT2D eigenvalue weighted by atomic mass is 16.6. The second kappa shape index (κ2) is 7.74. The molecule has 1 rings (SSSR count). The highest BCUT2D eigenvalue weighted by molar-refractivity contribution is 5.78. The molecule has 1 aromatic rings. The smallest absolute Gasteiger partial charge is 0.273 e. The number of carbonyl (C=O) groups is 1. The molecule has 22 heavy (non-hydrogen) atoms. The predicted octanol–water partition coefficient (Wildman–Crippen LogP) is 1.85. The number of rotatable bonds is 8. The van der Waals surface area contributed by atoms with E-state index in [2.05, 4.69) is 19.2 Å². The number of hydrogen-bond donors (Lipinski definition) is 2. The van der Waals surface area contributed by atoms with Gasteiger partial charge < -0.3 is 15.8 Å². The Morgan fingerprint density at radius 1 is 1.50 bits per heavy atom. The SMILES string of the molecule is CC(C)CC(C)(CN)NC(=O)COc1cccc([N+](=O)[O-])c1. The molecule has 0 aliphatic carbocycles. The van der Waals surface area contributed by atoms with Crippen LogP contribution in [-0.4, -0.2) is 29.5 Å². The van der Waals surface area contributed by atoms with Gasteiger partial charge in [0.1, 0.15) is 5.75 Å². The normalized spacial score (nSPS) is 13.5. The number of benzene rings is 1. The van der Waals surface area contributed by atoms with Crippen LogP contribution >= 0.6 is 0 Å². The highest BCUT2D eigenvalue weighted by Crippen LogP contribution is 2.19. The third kappa shape index (κ3) is 5.69. The summed E-state index contributed by atoms with van der Waals surface area (Å²) in [5, 5.41) is 13.5. The molecule has 0 radical (unpaired) electrons. The molecule has 0 saturated carbocycles. The Balaban J connectivity index is 2.59. The number of carbonyl (C=O) groups excluding carboxylic acids is 1. The Bertz CT molecular complexity index is 533. The number of amides is 1. The van der Waals surface area contributed by atoms with Gasteiger partial charge in [0.25, 0.3) is 11.6 Å². The van der Waals surface area contributed by atoms with Gasteiger partial charge in [-0.25, -0.2) is 0 Å². The van der Waals surface area contributed by atoms with Crippen molar-refractivity contribution < 1.29 is 14.5 Å². The van der Waals surface area contributed by atoms with Crippen molar-refractivity contribution in [1.82, 2.24) is 5.32 Å². The van der Waals surface area contributed by atoms with E-state index < -0.39 is 10.5 Å². The average molecular weight is 309 g/mol. The first kappa shape index (κ1) is 17.9. The summed E-state index contributed by atoms with van der Waals surface area (Å²) < 4.78 is 5.30. The van der Waals surface area contributed by atoms with E-state index in [0.29, 0.717) is 12.5 Å². The molecule has 0 aromatic heterocycles. The lowest BCUT2D eigenvalue weighted by molar-refractivity contribution is -0.384. The summed E-state index contributed by atoms with van der Waals surface area (Å²) in [7, 11) is 0. The van der Waals surface area contributed by atoms with Crippen LogP contribution in [0.3, 0.4) is 0 Å². The van der Waals surface area contributed by atoms with E-state index in [9.17, 15) is 14.9 Å². The zero-order valence-corrected chi connectivity index (χ0v) is 13.2. The van der Waals surface area contributed by atoms with Crippen molar-refractivity contribution in [3.05, 3.63) is 34.4 Å². The van der Waals surface area contributed by atoms with Gasteiger partial charge >= 0.3 is 0 Å². The molecule has 1 atom stereocenters. The summed E-state index contributed by atoms with van der Waals surface area (Å²) in [6, 6.07) is 5.72. The van der Waals surface area contributed by atoms with Crippen molar-refractivity contribution in [2.24, 2.45) is 11.7 Å². The number of nitro groups is 1. The second-order valence-corrected chi connectivity index (χ2v) is 5.95. The lowest BCUT2D eigenvalue weighted by Crippen LogP contribution is -2.53. The van der Waals surface area contributed by atoms with E-state index in [1.165, 1.54) is 18.2 Å². The number of nitrogens with one attached hydrogen (secondary N) is 1. The molecule has 1 amide bonds. The van der Waals surface area contributed by atoms with Crippen LogP contribution in [-0.2, 0) is 4.79 Å². The highest BCUT2D eigenvalue weighted by Gasteiger charge is 2.25. The summed E-state index contributed by atoms with van der Waals surface area (Å²) in [5.41, 5.74) is 5.17. The molecule has 1 aromatic carbocycles. The van der Waals surface area contributed by atoms with Gasteiger partial charge in [-0.1, -0.05) is 19.9 Å². The average Bonchev–Trinajstić information content (AvgIpc) is 2.44. The van der Waals surface area contributed by atoms with Crippen LogP contribution < -0.4 is 15.8 Å². The standard InChI is InChI=1S/C15H23N3O4/c1-11(2)8-15(3,10-16)17-14(19)9-22-13-6-4-5-12(7-13)18(20)21/h4-7,11H,8-10,16H2,1-3H3,(H,17,19). The predicted molar refractivity (Wildman–Crippen MR) is 83.6 cm³/mol. The van der Waals surface area contributed by atoms with E-state index >= 15 is 0 Å². The molecule has 0 aliphatic rings. The first-order valence-electron chi connectivity index (χ1n) is 7.14. The van der Waals surface area contributed by atoms with E-state index in [0.717, 1.165) is 6.42 Å². The number of nitrogens with zero attached hydrogens (tertiary/aromatic N) is 1. The Hall–Kier alpha value is -2.15. The minimum Gasteiger partial charge on any atom is -0.484 e. The van der Waals surface area contributed by atoms with E-state index in [1.807, 2.05) is 6.92 Å². The Kier molecular flexibility index (Phi) is 6.30. The zero-order chi connectivity index (χ0) is 16.8. The largest absolute Gasteiger partial charge is 0.484 e. The van der Waals surface area contributed by atoms with Crippen molar-refractivity contribution in [1.29, 1.82) is 0 Å². The summed E-state index contributed by atoms with van der Waals surface area (Å²) in [6.07, 6.45) is 0.756. The van der Waals surface area contributed by atoms with Crippen molar-refractivity contribution in [2.45, 2.75) is 32.7 Å². The van der Waals surface area contributed by atoms with Gasteiger partial charge in [-0.2, -0.15) is 0 Å². The molecule has 0 heterocycles. The van der Waals surface area contributed by atoms with Gasteiger partial charge in [-0.05, 0) is 25.3 Å². The summed E-state index contributed by atoms with van der Waals surface area (Å²) in [4.78, 5) is 22.1. The third-order valence-corrected chi connectivity index (χ3v) is 3.15. The maximum absolute atomic E-state index is 12.0. The molecule has 7 nitrogen and oxygen atoms in total. The first-order chi connectivity index (χ1) is 10.3. The minimum absolute atomic E-state index is 0.0792. The Morgan fingerprint density at radius 2 is 2.18 bits per heavy atom. The molecule has 1 unspecified atom stereocenters. The van der Waals surface area contributed by atoms with Gasteiger partial charge in [-0.3, -0.25) is 14.9 Å². The Morgan fingerprint density at radius 3 is 2.73 bits per heavy atom. The monoisotopic (exact) mass is 309 g/mol. The van der Waals surface area contributed by atoms with E-state index in [4.69, 9.17) is 10.5 Å².